The Morgan fingerprint density at radius 3 is 2.50 bits per heavy atom. The molecule has 0 bridgehead atoms. The van der Waals surface area contributed by atoms with E-state index >= 15 is 0 Å². The molecule has 0 aliphatic heterocycles. The molecule has 0 unspecified atom stereocenters. The number of aryl methyl sites for hydroxylation is 1. The van der Waals surface area contributed by atoms with Crippen molar-refractivity contribution < 1.29 is 4.52 Å². The van der Waals surface area contributed by atoms with E-state index in [0.717, 1.165) is 12.0 Å². The molecular formula is C14H17Cl2N3O. The molecule has 2 aromatic rings. The molecule has 0 aliphatic carbocycles. The predicted octanol–water partition coefficient (Wildman–Crippen LogP) is 3.64. The minimum atomic E-state index is -0.249. The molecule has 1 aromatic carbocycles. The Labute approximate surface area is 128 Å². The van der Waals surface area contributed by atoms with E-state index in [9.17, 15) is 0 Å². The van der Waals surface area contributed by atoms with Crippen LogP contribution in [0.2, 0.25) is 10.0 Å². The van der Waals surface area contributed by atoms with Crippen molar-refractivity contribution in [3.63, 3.8) is 0 Å². The van der Waals surface area contributed by atoms with E-state index in [4.69, 9.17) is 33.5 Å². The number of aromatic nitrogens is 2. The summed E-state index contributed by atoms with van der Waals surface area (Å²) in [6, 6.07) is 5.39. The molecule has 108 valence electrons. The standard InChI is InChI=1S/C14H17Cl2N3O/c1-14(2,17)7-6-13-18-12(19-20-13)8-9-10(15)4-3-5-11(9)16/h3-5H,6-8,17H2,1-2H3. The van der Waals surface area contributed by atoms with Crippen LogP contribution in [0.5, 0.6) is 0 Å². The van der Waals surface area contributed by atoms with E-state index in [1.165, 1.54) is 0 Å². The van der Waals surface area contributed by atoms with Gasteiger partial charge in [0.05, 0.1) is 0 Å². The Morgan fingerprint density at radius 2 is 1.90 bits per heavy atom. The summed E-state index contributed by atoms with van der Waals surface area (Å²) in [6.45, 7) is 3.93. The lowest BCUT2D eigenvalue weighted by Crippen LogP contribution is -2.32. The topological polar surface area (TPSA) is 64.9 Å². The van der Waals surface area contributed by atoms with E-state index in [2.05, 4.69) is 10.1 Å². The van der Waals surface area contributed by atoms with Crippen LogP contribution < -0.4 is 5.73 Å². The van der Waals surface area contributed by atoms with Gasteiger partial charge in [-0.15, -0.1) is 0 Å². The van der Waals surface area contributed by atoms with Crippen LogP contribution in [0.1, 0.15) is 37.5 Å². The van der Waals surface area contributed by atoms with E-state index in [0.29, 0.717) is 34.6 Å². The predicted molar refractivity (Wildman–Crippen MR) is 80.2 cm³/mol. The summed E-state index contributed by atoms with van der Waals surface area (Å²) in [7, 11) is 0. The zero-order chi connectivity index (χ0) is 14.8. The van der Waals surface area contributed by atoms with Gasteiger partial charge < -0.3 is 10.3 Å². The van der Waals surface area contributed by atoms with Crippen LogP contribution in [0.3, 0.4) is 0 Å². The highest BCUT2D eigenvalue weighted by Gasteiger charge is 2.15. The molecule has 0 aliphatic rings. The van der Waals surface area contributed by atoms with E-state index in [-0.39, 0.29) is 5.54 Å². The molecule has 0 atom stereocenters. The van der Waals surface area contributed by atoms with Gasteiger partial charge in [-0.2, -0.15) is 4.98 Å². The fourth-order valence-corrected chi connectivity index (χ4v) is 2.28. The van der Waals surface area contributed by atoms with Gasteiger partial charge in [0, 0.05) is 28.4 Å². The van der Waals surface area contributed by atoms with Crippen LogP contribution in [0.15, 0.2) is 22.7 Å². The Bertz CT molecular complexity index is 570. The van der Waals surface area contributed by atoms with Crippen LogP contribution in [0.25, 0.3) is 0 Å². The first-order valence-electron chi connectivity index (χ1n) is 6.38. The first kappa shape index (κ1) is 15.3. The second-order valence-electron chi connectivity index (χ2n) is 5.47. The Morgan fingerprint density at radius 1 is 1.25 bits per heavy atom. The summed E-state index contributed by atoms with van der Waals surface area (Å²) in [4.78, 5) is 4.34. The first-order chi connectivity index (χ1) is 9.35. The van der Waals surface area contributed by atoms with Crippen molar-refractivity contribution in [3.05, 3.63) is 45.5 Å². The van der Waals surface area contributed by atoms with Gasteiger partial charge in [-0.1, -0.05) is 34.4 Å². The van der Waals surface area contributed by atoms with Crippen LogP contribution in [-0.2, 0) is 12.8 Å². The van der Waals surface area contributed by atoms with Gasteiger partial charge >= 0.3 is 0 Å². The second kappa shape index (κ2) is 6.12. The molecule has 0 saturated carbocycles. The van der Waals surface area contributed by atoms with Crippen molar-refractivity contribution in [2.24, 2.45) is 5.73 Å². The van der Waals surface area contributed by atoms with Gasteiger partial charge in [0.15, 0.2) is 5.82 Å². The van der Waals surface area contributed by atoms with E-state index < -0.39 is 0 Å². The fraction of sp³-hybridized carbons (Fsp3) is 0.429. The van der Waals surface area contributed by atoms with Crippen molar-refractivity contribution in [3.8, 4) is 0 Å². The number of hydrogen-bond donors (Lipinski definition) is 1. The Kier molecular flexibility index (Phi) is 4.68. The zero-order valence-corrected chi connectivity index (χ0v) is 13.0. The summed E-state index contributed by atoms with van der Waals surface area (Å²) in [5.41, 5.74) is 6.49. The van der Waals surface area contributed by atoms with Gasteiger partial charge in [0.1, 0.15) is 0 Å². The molecule has 1 heterocycles. The minimum absolute atomic E-state index is 0.249. The third kappa shape index (κ3) is 4.20. The van der Waals surface area contributed by atoms with Crippen LogP contribution in [0.4, 0.5) is 0 Å². The maximum absolute atomic E-state index is 6.12. The lowest BCUT2D eigenvalue weighted by atomic mass is 10.0. The molecule has 1 aromatic heterocycles. The normalized spacial score (nSPS) is 11.8. The molecule has 0 amide bonds. The van der Waals surface area contributed by atoms with Crippen molar-refractivity contribution >= 4 is 23.2 Å². The summed E-state index contributed by atoms with van der Waals surface area (Å²) in [5, 5.41) is 5.16. The molecule has 0 spiro atoms. The monoisotopic (exact) mass is 313 g/mol. The average molecular weight is 314 g/mol. The molecule has 4 nitrogen and oxygen atoms in total. The van der Waals surface area contributed by atoms with Crippen LogP contribution in [0, 0.1) is 0 Å². The van der Waals surface area contributed by atoms with Crippen LogP contribution in [-0.4, -0.2) is 15.7 Å². The van der Waals surface area contributed by atoms with Gasteiger partial charge in [-0.05, 0) is 38.0 Å². The minimum Gasteiger partial charge on any atom is -0.339 e. The SMILES string of the molecule is CC(C)(N)CCc1nc(Cc2c(Cl)cccc2Cl)no1. The largest absolute Gasteiger partial charge is 0.339 e. The highest BCUT2D eigenvalue weighted by molar-refractivity contribution is 6.36. The first-order valence-corrected chi connectivity index (χ1v) is 7.14. The highest BCUT2D eigenvalue weighted by Crippen LogP contribution is 2.26. The summed E-state index contributed by atoms with van der Waals surface area (Å²) < 4.78 is 5.21. The van der Waals surface area contributed by atoms with Crippen molar-refractivity contribution in [1.82, 2.24) is 10.1 Å². The van der Waals surface area contributed by atoms with E-state index in [1.54, 1.807) is 18.2 Å². The second-order valence-corrected chi connectivity index (χ2v) is 6.28. The summed E-state index contributed by atoms with van der Waals surface area (Å²) in [5.74, 6) is 1.16. The maximum Gasteiger partial charge on any atom is 0.226 e. The highest BCUT2D eigenvalue weighted by atomic mass is 35.5. The number of nitrogens with two attached hydrogens (primary N) is 1. The Hall–Kier alpha value is -1.10. The number of hydrogen-bond acceptors (Lipinski definition) is 4. The molecule has 6 heteroatoms. The molecule has 0 saturated heterocycles. The zero-order valence-electron chi connectivity index (χ0n) is 11.5. The van der Waals surface area contributed by atoms with E-state index in [1.807, 2.05) is 13.8 Å². The number of rotatable bonds is 5. The molecular weight excluding hydrogens is 297 g/mol. The van der Waals surface area contributed by atoms with Gasteiger partial charge in [0.25, 0.3) is 0 Å². The number of halogens is 2. The molecule has 2 N–H and O–H groups in total. The summed E-state index contributed by atoms with van der Waals surface area (Å²) in [6.07, 6.45) is 1.89. The third-order valence-electron chi connectivity index (χ3n) is 2.89. The van der Waals surface area contributed by atoms with Crippen molar-refractivity contribution in [2.45, 2.75) is 38.6 Å². The molecule has 2 rings (SSSR count). The van der Waals surface area contributed by atoms with Gasteiger partial charge in [-0.25, -0.2) is 0 Å². The quantitative estimate of drug-likeness (QED) is 0.915. The van der Waals surface area contributed by atoms with Crippen LogP contribution >= 0.6 is 23.2 Å². The van der Waals surface area contributed by atoms with Crippen molar-refractivity contribution in [1.29, 1.82) is 0 Å². The Balaban J connectivity index is 2.06. The van der Waals surface area contributed by atoms with Crippen molar-refractivity contribution in [2.75, 3.05) is 0 Å². The lowest BCUT2D eigenvalue weighted by Gasteiger charge is -2.16. The number of nitrogens with zero attached hydrogens (tertiary/aromatic N) is 2. The maximum atomic E-state index is 6.12. The average Bonchev–Trinajstić information content (AvgIpc) is 2.79. The van der Waals surface area contributed by atoms with Gasteiger partial charge in [0.2, 0.25) is 5.89 Å². The summed E-state index contributed by atoms with van der Waals surface area (Å²) >= 11 is 12.2. The molecule has 0 radical (unpaired) electrons. The third-order valence-corrected chi connectivity index (χ3v) is 3.60. The smallest absolute Gasteiger partial charge is 0.226 e. The van der Waals surface area contributed by atoms with Gasteiger partial charge in [-0.3, -0.25) is 0 Å². The lowest BCUT2D eigenvalue weighted by molar-refractivity contribution is 0.355. The molecule has 0 fully saturated rings. The molecule has 20 heavy (non-hydrogen) atoms. The number of benzene rings is 1. The fourth-order valence-electron chi connectivity index (χ4n) is 1.75.